The molecule has 1 fully saturated rings. The quantitative estimate of drug-likeness (QED) is 0.772. The van der Waals surface area contributed by atoms with E-state index in [4.69, 9.17) is 11.6 Å². The highest BCUT2D eigenvalue weighted by Gasteiger charge is 2.41. The van der Waals surface area contributed by atoms with E-state index in [1.54, 1.807) is 12.3 Å². The number of nitrogens with zero attached hydrogens (tertiary/aromatic N) is 2. The molecule has 6 heteroatoms. The molecular formula is C11H12ClF3N2. The first-order valence-corrected chi connectivity index (χ1v) is 5.77. The molecule has 17 heavy (non-hydrogen) atoms. The normalized spacial score (nSPS) is 18.5. The molecule has 1 aromatic rings. The lowest BCUT2D eigenvalue weighted by molar-refractivity contribution is -0.179. The Morgan fingerprint density at radius 2 is 1.94 bits per heavy atom. The van der Waals surface area contributed by atoms with Gasteiger partial charge in [-0.05, 0) is 18.9 Å². The summed E-state index contributed by atoms with van der Waals surface area (Å²) < 4.78 is 37.5. The van der Waals surface area contributed by atoms with Crippen molar-refractivity contribution in [1.82, 2.24) is 4.98 Å². The van der Waals surface area contributed by atoms with Crippen LogP contribution in [0.1, 0.15) is 12.8 Å². The molecular weight excluding hydrogens is 253 g/mol. The van der Waals surface area contributed by atoms with Crippen molar-refractivity contribution in [3.63, 3.8) is 0 Å². The molecule has 0 radical (unpaired) electrons. The Morgan fingerprint density at radius 1 is 1.29 bits per heavy atom. The molecule has 0 N–H and O–H groups in total. The minimum Gasteiger partial charge on any atom is -0.370 e. The van der Waals surface area contributed by atoms with E-state index < -0.39 is 12.1 Å². The van der Waals surface area contributed by atoms with Crippen LogP contribution in [0.5, 0.6) is 0 Å². The molecule has 1 aromatic heterocycles. The van der Waals surface area contributed by atoms with Crippen molar-refractivity contribution < 1.29 is 13.2 Å². The van der Waals surface area contributed by atoms with Gasteiger partial charge in [0.2, 0.25) is 0 Å². The van der Waals surface area contributed by atoms with E-state index in [1.165, 1.54) is 6.20 Å². The molecule has 0 aromatic carbocycles. The van der Waals surface area contributed by atoms with Crippen LogP contribution in [-0.4, -0.2) is 24.2 Å². The van der Waals surface area contributed by atoms with Gasteiger partial charge in [-0.15, -0.1) is 0 Å². The summed E-state index contributed by atoms with van der Waals surface area (Å²) in [5.41, 5.74) is 0.766. The molecule has 0 bridgehead atoms. The summed E-state index contributed by atoms with van der Waals surface area (Å²) in [6.07, 6.45) is -0.720. The van der Waals surface area contributed by atoms with Crippen molar-refractivity contribution >= 4 is 17.3 Å². The average molecular weight is 265 g/mol. The second kappa shape index (κ2) is 4.72. The molecule has 1 aliphatic rings. The molecule has 0 unspecified atom stereocenters. The van der Waals surface area contributed by atoms with E-state index >= 15 is 0 Å². The Hall–Kier alpha value is -0.970. The Labute approximate surface area is 102 Å². The molecule has 2 nitrogen and oxygen atoms in total. The van der Waals surface area contributed by atoms with E-state index in [9.17, 15) is 13.2 Å². The molecule has 0 atom stereocenters. The maximum Gasteiger partial charge on any atom is 0.391 e. The first kappa shape index (κ1) is 12.5. The van der Waals surface area contributed by atoms with Crippen LogP contribution >= 0.6 is 11.6 Å². The number of pyridine rings is 1. The third-order valence-corrected chi connectivity index (χ3v) is 3.34. The van der Waals surface area contributed by atoms with Crippen molar-refractivity contribution in [1.29, 1.82) is 0 Å². The lowest BCUT2D eigenvalue weighted by atomic mass is 9.96. The number of rotatable bonds is 1. The third kappa shape index (κ3) is 2.83. The van der Waals surface area contributed by atoms with Crippen LogP contribution in [-0.2, 0) is 0 Å². The standard InChI is InChI=1S/C11H12ClF3N2/c12-9-7-16-4-1-10(9)17-5-2-8(3-6-17)11(13,14)15/h1,4,7-8H,2-3,5-6H2. The maximum atomic E-state index is 12.5. The minimum atomic E-state index is -4.08. The summed E-state index contributed by atoms with van der Waals surface area (Å²) in [5.74, 6) is -1.18. The summed E-state index contributed by atoms with van der Waals surface area (Å²) in [6, 6.07) is 1.73. The van der Waals surface area contributed by atoms with Gasteiger partial charge in [0, 0.05) is 25.5 Å². The van der Waals surface area contributed by atoms with Crippen LogP contribution < -0.4 is 4.90 Å². The van der Waals surface area contributed by atoms with E-state index in [2.05, 4.69) is 4.98 Å². The monoisotopic (exact) mass is 264 g/mol. The van der Waals surface area contributed by atoms with Crippen LogP contribution in [0.3, 0.4) is 0 Å². The Kier molecular flexibility index (Phi) is 3.47. The molecule has 0 aliphatic carbocycles. The first-order valence-electron chi connectivity index (χ1n) is 5.39. The average Bonchev–Trinajstić information content (AvgIpc) is 2.29. The second-order valence-corrected chi connectivity index (χ2v) is 4.54. The van der Waals surface area contributed by atoms with Crippen molar-refractivity contribution in [2.24, 2.45) is 5.92 Å². The highest BCUT2D eigenvalue weighted by Crippen LogP contribution is 2.36. The van der Waals surface area contributed by atoms with Gasteiger partial charge >= 0.3 is 6.18 Å². The van der Waals surface area contributed by atoms with Gasteiger partial charge in [-0.25, -0.2) is 0 Å². The highest BCUT2D eigenvalue weighted by atomic mass is 35.5. The number of piperidine rings is 1. The summed E-state index contributed by atoms with van der Waals surface area (Å²) in [7, 11) is 0. The number of hydrogen-bond donors (Lipinski definition) is 0. The zero-order valence-electron chi connectivity index (χ0n) is 9.04. The van der Waals surface area contributed by atoms with Crippen molar-refractivity contribution in [2.75, 3.05) is 18.0 Å². The predicted octanol–water partition coefficient (Wildman–Crippen LogP) is 3.51. The van der Waals surface area contributed by atoms with Gasteiger partial charge in [-0.1, -0.05) is 11.6 Å². The molecule has 94 valence electrons. The van der Waals surface area contributed by atoms with E-state index in [0.29, 0.717) is 18.1 Å². The molecule has 0 spiro atoms. The Balaban J connectivity index is 2.03. The zero-order valence-corrected chi connectivity index (χ0v) is 9.80. The van der Waals surface area contributed by atoms with Gasteiger partial charge in [-0.3, -0.25) is 4.98 Å². The number of aromatic nitrogens is 1. The van der Waals surface area contributed by atoms with Gasteiger partial charge in [-0.2, -0.15) is 13.2 Å². The topological polar surface area (TPSA) is 16.1 Å². The Bertz CT molecular complexity index is 387. The fourth-order valence-corrected chi connectivity index (χ4v) is 2.31. The molecule has 1 aliphatic heterocycles. The fraction of sp³-hybridized carbons (Fsp3) is 0.545. The summed E-state index contributed by atoms with van der Waals surface area (Å²) >= 11 is 5.96. The van der Waals surface area contributed by atoms with E-state index in [-0.39, 0.29) is 12.8 Å². The number of hydrogen-bond acceptors (Lipinski definition) is 2. The molecule has 2 heterocycles. The van der Waals surface area contributed by atoms with Gasteiger partial charge in [0.1, 0.15) is 0 Å². The second-order valence-electron chi connectivity index (χ2n) is 4.13. The number of halogens is 4. The van der Waals surface area contributed by atoms with Gasteiger partial charge in [0.25, 0.3) is 0 Å². The van der Waals surface area contributed by atoms with Gasteiger partial charge in [0.05, 0.1) is 16.6 Å². The summed E-state index contributed by atoms with van der Waals surface area (Å²) in [6.45, 7) is 0.766. The Morgan fingerprint density at radius 3 is 2.47 bits per heavy atom. The number of alkyl halides is 3. The van der Waals surface area contributed by atoms with Crippen LogP contribution in [0.25, 0.3) is 0 Å². The lowest BCUT2D eigenvalue weighted by Gasteiger charge is -2.34. The van der Waals surface area contributed by atoms with E-state index in [0.717, 1.165) is 5.69 Å². The molecule has 1 saturated heterocycles. The maximum absolute atomic E-state index is 12.5. The van der Waals surface area contributed by atoms with Crippen LogP contribution in [0, 0.1) is 5.92 Å². The van der Waals surface area contributed by atoms with Crippen molar-refractivity contribution in [3.8, 4) is 0 Å². The third-order valence-electron chi connectivity index (χ3n) is 3.05. The van der Waals surface area contributed by atoms with Crippen LogP contribution in [0.4, 0.5) is 18.9 Å². The SMILES string of the molecule is FC(F)(F)C1CCN(c2ccncc2Cl)CC1. The van der Waals surface area contributed by atoms with Crippen LogP contribution in [0.15, 0.2) is 18.5 Å². The molecule has 2 rings (SSSR count). The molecule has 0 amide bonds. The fourth-order valence-electron chi connectivity index (χ4n) is 2.07. The summed E-state index contributed by atoms with van der Waals surface area (Å²) in [4.78, 5) is 5.74. The summed E-state index contributed by atoms with van der Waals surface area (Å²) in [5, 5.41) is 0.484. The lowest BCUT2D eigenvalue weighted by Crippen LogP contribution is -2.39. The van der Waals surface area contributed by atoms with Gasteiger partial charge < -0.3 is 4.90 Å². The van der Waals surface area contributed by atoms with Gasteiger partial charge in [0.15, 0.2) is 0 Å². The molecule has 0 saturated carbocycles. The zero-order chi connectivity index (χ0) is 12.5. The highest BCUT2D eigenvalue weighted by molar-refractivity contribution is 6.33. The van der Waals surface area contributed by atoms with E-state index in [1.807, 2.05) is 4.90 Å². The van der Waals surface area contributed by atoms with Crippen LogP contribution in [0.2, 0.25) is 5.02 Å². The smallest absolute Gasteiger partial charge is 0.370 e. The first-order chi connectivity index (χ1) is 7.98. The van der Waals surface area contributed by atoms with Crippen molar-refractivity contribution in [3.05, 3.63) is 23.5 Å². The minimum absolute atomic E-state index is 0.127. The van der Waals surface area contributed by atoms with Crippen molar-refractivity contribution in [2.45, 2.75) is 19.0 Å². The largest absolute Gasteiger partial charge is 0.391 e. The number of anilines is 1. The predicted molar refractivity (Wildman–Crippen MR) is 60.2 cm³/mol.